The lowest BCUT2D eigenvalue weighted by Crippen LogP contribution is -2.34. The zero-order valence-corrected chi connectivity index (χ0v) is 12.8. The van der Waals surface area contributed by atoms with Crippen LogP contribution in [0.3, 0.4) is 0 Å². The van der Waals surface area contributed by atoms with Crippen molar-refractivity contribution < 1.29 is 5.11 Å². The van der Waals surface area contributed by atoms with Crippen LogP contribution >= 0.6 is 0 Å². The van der Waals surface area contributed by atoms with Crippen LogP contribution in [-0.2, 0) is 26.2 Å². The third-order valence-corrected chi connectivity index (χ3v) is 4.04. The Kier molecular flexibility index (Phi) is 4.07. The van der Waals surface area contributed by atoms with Gasteiger partial charge in [-0.05, 0) is 32.4 Å². The van der Waals surface area contributed by atoms with Gasteiger partial charge in [0, 0.05) is 31.9 Å². The summed E-state index contributed by atoms with van der Waals surface area (Å²) >= 11 is 0. The van der Waals surface area contributed by atoms with Crippen molar-refractivity contribution in [1.29, 1.82) is 0 Å². The van der Waals surface area contributed by atoms with Gasteiger partial charge in [-0.3, -0.25) is 14.3 Å². The van der Waals surface area contributed by atoms with E-state index >= 15 is 0 Å². The van der Waals surface area contributed by atoms with Crippen LogP contribution in [0.2, 0.25) is 0 Å². The number of hydrogen-bond donors (Lipinski definition) is 1. The Morgan fingerprint density at radius 3 is 2.71 bits per heavy atom. The van der Waals surface area contributed by atoms with Gasteiger partial charge in [-0.1, -0.05) is 0 Å². The van der Waals surface area contributed by atoms with Crippen LogP contribution < -0.4 is 0 Å². The zero-order chi connectivity index (χ0) is 14.8. The molecular formula is C15H23N5O. The summed E-state index contributed by atoms with van der Waals surface area (Å²) in [5.74, 6) is 0. The lowest BCUT2D eigenvalue weighted by atomic mass is 10.2. The third kappa shape index (κ3) is 3.16. The van der Waals surface area contributed by atoms with E-state index in [1.807, 2.05) is 17.7 Å². The summed E-state index contributed by atoms with van der Waals surface area (Å²) < 4.78 is 4.11. The second kappa shape index (κ2) is 5.99. The van der Waals surface area contributed by atoms with Crippen LogP contribution in [0, 0.1) is 13.8 Å². The van der Waals surface area contributed by atoms with E-state index in [1.54, 1.807) is 0 Å². The number of fused-ring (bicyclic) bond motifs is 1. The largest absolute Gasteiger partial charge is 0.390 e. The molecule has 1 aliphatic rings. The molecule has 0 bridgehead atoms. The molecule has 3 rings (SSSR count). The number of aryl methyl sites for hydroxylation is 3. The van der Waals surface area contributed by atoms with Crippen molar-refractivity contribution in [3.8, 4) is 0 Å². The van der Waals surface area contributed by atoms with Crippen molar-refractivity contribution in [1.82, 2.24) is 24.5 Å². The summed E-state index contributed by atoms with van der Waals surface area (Å²) in [6, 6.07) is 4.13. The van der Waals surface area contributed by atoms with E-state index in [2.05, 4.69) is 32.8 Å². The average molecular weight is 289 g/mol. The maximum Gasteiger partial charge on any atom is 0.0882 e. The fourth-order valence-electron chi connectivity index (χ4n) is 2.99. The van der Waals surface area contributed by atoms with Gasteiger partial charge >= 0.3 is 0 Å². The van der Waals surface area contributed by atoms with E-state index < -0.39 is 0 Å². The van der Waals surface area contributed by atoms with E-state index in [0.717, 1.165) is 50.5 Å². The van der Waals surface area contributed by atoms with Crippen molar-refractivity contribution in [2.24, 2.45) is 0 Å². The number of aliphatic hydroxyl groups excluding tert-OH is 1. The second-order valence-corrected chi connectivity index (χ2v) is 5.79. The van der Waals surface area contributed by atoms with Crippen molar-refractivity contribution in [3.63, 3.8) is 0 Å². The molecule has 3 heterocycles. The Labute approximate surface area is 125 Å². The molecule has 0 aliphatic carbocycles. The van der Waals surface area contributed by atoms with Crippen LogP contribution in [0.4, 0.5) is 0 Å². The molecule has 1 aliphatic heterocycles. The maximum absolute atomic E-state index is 9.15. The monoisotopic (exact) mass is 289 g/mol. The molecule has 6 heteroatoms. The number of nitrogens with zero attached hydrogens (tertiary/aromatic N) is 5. The Morgan fingerprint density at radius 1 is 1.14 bits per heavy atom. The Hall–Kier alpha value is -1.66. The van der Waals surface area contributed by atoms with Gasteiger partial charge in [0.2, 0.25) is 0 Å². The molecule has 0 aromatic carbocycles. The molecule has 0 saturated carbocycles. The Bertz CT molecular complexity index is 616. The van der Waals surface area contributed by atoms with Crippen LogP contribution in [-0.4, -0.2) is 42.7 Å². The topological polar surface area (TPSA) is 59.1 Å². The van der Waals surface area contributed by atoms with E-state index in [1.165, 1.54) is 11.4 Å². The fraction of sp³-hybridized carbons (Fsp3) is 0.600. The lowest BCUT2D eigenvalue weighted by molar-refractivity contribution is 0.206. The average Bonchev–Trinajstić information content (AvgIpc) is 3.01. The number of rotatable bonds is 5. The van der Waals surface area contributed by atoms with Gasteiger partial charge in [-0.25, -0.2) is 0 Å². The molecule has 0 fully saturated rings. The first-order valence-electron chi connectivity index (χ1n) is 7.55. The molecule has 0 unspecified atom stereocenters. The molecular weight excluding hydrogens is 266 g/mol. The first-order chi connectivity index (χ1) is 10.2. The number of aromatic nitrogens is 4. The molecule has 2 aromatic heterocycles. The molecule has 2 aromatic rings. The molecule has 21 heavy (non-hydrogen) atoms. The summed E-state index contributed by atoms with van der Waals surface area (Å²) in [4.78, 5) is 2.45. The smallest absolute Gasteiger partial charge is 0.0882 e. The summed E-state index contributed by atoms with van der Waals surface area (Å²) in [5, 5.41) is 18.0. The highest BCUT2D eigenvalue weighted by atomic mass is 16.3. The van der Waals surface area contributed by atoms with E-state index in [9.17, 15) is 0 Å². The first kappa shape index (κ1) is 14.3. The highest BCUT2D eigenvalue weighted by Crippen LogP contribution is 2.14. The molecule has 0 amide bonds. The predicted molar refractivity (Wildman–Crippen MR) is 79.7 cm³/mol. The number of aliphatic hydroxyl groups is 1. The summed E-state index contributed by atoms with van der Waals surface area (Å²) in [6.07, 6.45) is 1.10. The van der Waals surface area contributed by atoms with Crippen molar-refractivity contribution in [2.45, 2.75) is 46.5 Å². The fourth-order valence-corrected chi connectivity index (χ4v) is 2.99. The Balaban J connectivity index is 1.52. The van der Waals surface area contributed by atoms with Crippen LogP contribution in [0.25, 0.3) is 0 Å². The van der Waals surface area contributed by atoms with E-state index in [-0.39, 0.29) is 6.61 Å². The third-order valence-electron chi connectivity index (χ3n) is 4.04. The van der Waals surface area contributed by atoms with Crippen molar-refractivity contribution >= 4 is 0 Å². The molecule has 114 valence electrons. The SMILES string of the molecule is Cc1cc(C)n(CCCN2CCn3nc(CO)cc3C2)n1. The van der Waals surface area contributed by atoms with Crippen molar-refractivity contribution in [3.05, 3.63) is 34.9 Å². The minimum atomic E-state index is 0.0257. The quantitative estimate of drug-likeness (QED) is 0.895. The molecule has 0 radical (unpaired) electrons. The first-order valence-corrected chi connectivity index (χ1v) is 7.55. The molecule has 6 nitrogen and oxygen atoms in total. The minimum absolute atomic E-state index is 0.0257. The molecule has 1 N–H and O–H groups in total. The van der Waals surface area contributed by atoms with Gasteiger partial charge in [0.15, 0.2) is 0 Å². The summed E-state index contributed by atoms with van der Waals surface area (Å²) in [7, 11) is 0. The van der Waals surface area contributed by atoms with Gasteiger partial charge in [-0.15, -0.1) is 0 Å². The summed E-state index contributed by atoms with van der Waals surface area (Å²) in [6.45, 7) is 9.06. The van der Waals surface area contributed by atoms with E-state index in [0.29, 0.717) is 0 Å². The van der Waals surface area contributed by atoms with Crippen molar-refractivity contribution in [2.75, 3.05) is 13.1 Å². The zero-order valence-electron chi connectivity index (χ0n) is 12.8. The standard InChI is InChI=1S/C15H23N5O/c1-12-8-13(2)19(16-12)5-3-4-18-6-7-20-15(10-18)9-14(11-21)17-20/h8-9,21H,3-7,10-11H2,1-2H3. The predicted octanol–water partition coefficient (Wildman–Crippen LogP) is 1.09. The normalized spacial score (nSPS) is 15.4. The Morgan fingerprint density at radius 2 is 2.00 bits per heavy atom. The highest BCUT2D eigenvalue weighted by Gasteiger charge is 2.17. The second-order valence-electron chi connectivity index (χ2n) is 5.79. The van der Waals surface area contributed by atoms with E-state index in [4.69, 9.17) is 5.11 Å². The molecule has 0 atom stereocenters. The summed E-state index contributed by atoms with van der Waals surface area (Å²) in [5.41, 5.74) is 4.30. The molecule has 0 saturated heterocycles. The molecule has 0 spiro atoms. The van der Waals surface area contributed by atoms with Gasteiger partial charge in [-0.2, -0.15) is 10.2 Å². The minimum Gasteiger partial charge on any atom is -0.390 e. The highest BCUT2D eigenvalue weighted by molar-refractivity contribution is 5.11. The van der Waals surface area contributed by atoms with Crippen LogP contribution in [0.5, 0.6) is 0 Å². The maximum atomic E-state index is 9.15. The van der Waals surface area contributed by atoms with Crippen LogP contribution in [0.1, 0.15) is 29.2 Å². The number of hydrogen-bond acceptors (Lipinski definition) is 4. The van der Waals surface area contributed by atoms with Crippen LogP contribution in [0.15, 0.2) is 12.1 Å². The van der Waals surface area contributed by atoms with Gasteiger partial charge in [0.05, 0.1) is 30.2 Å². The lowest BCUT2D eigenvalue weighted by Gasteiger charge is -2.27. The van der Waals surface area contributed by atoms with Gasteiger partial charge < -0.3 is 5.11 Å². The van der Waals surface area contributed by atoms with Gasteiger partial charge in [0.1, 0.15) is 0 Å². The van der Waals surface area contributed by atoms with Gasteiger partial charge in [0.25, 0.3) is 0 Å².